The zero-order valence-electron chi connectivity index (χ0n) is 16.1. The van der Waals surface area contributed by atoms with E-state index in [2.05, 4.69) is 10.0 Å². The minimum absolute atomic E-state index is 0.0983. The van der Waals surface area contributed by atoms with Crippen LogP contribution in [0, 0.1) is 5.92 Å². The fraction of sp³-hybridized carbons (Fsp3) is 0.500. The van der Waals surface area contributed by atoms with E-state index < -0.39 is 21.8 Å². The maximum Gasteiger partial charge on any atom is 0.310 e. The van der Waals surface area contributed by atoms with Crippen LogP contribution < -0.4 is 10.0 Å². The number of anilines is 2. The lowest BCUT2D eigenvalue weighted by molar-refractivity contribution is -0.149. The van der Waals surface area contributed by atoms with Crippen LogP contribution in [-0.2, 0) is 24.3 Å². The van der Waals surface area contributed by atoms with Crippen LogP contribution in [0.25, 0.3) is 0 Å². The number of benzene rings is 1. The van der Waals surface area contributed by atoms with E-state index in [0.29, 0.717) is 25.1 Å². The Kier molecular flexibility index (Phi) is 7.00. The molecule has 1 aliphatic rings. The Labute approximate surface area is 164 Å². The standard InChI is InChI=1S/C18H25N3O6S/c1-4-27-18(24)13-6-5-9-21(11-13)17(23)15-10-14(19-12(2)22)7-8-16(15)20-28(3,25)26/h7-8,10,13,20H,4-6,9,11H2,1-3H3,(H,19,22). The number of nitrogens with zero attached hydrogens (tertiary/aromatic N) is 1. The summed E-state index contributed by atoms with van der Waals surface area (Å²) >= 11 is 0. The normalized spacial score (nSPS) is 17.0. The van der Waals surface area contributed by atoms with E-state index in [1.807, 2.05) is 0 Å². The number of likely N-dealkylation sites (tertiary alicyclic amines) is 1. The number of amides is 2. The maximum atomic E-state index is 13.1. The number of rotatable bonds is 6. The van der Waals surface area contributed by atoms with Gasteiger partial charge in [-0.2, -0.15) is 0 Å². The second-order valence-electron chi connectivity index (χ2n) is 6.66. The molecule has 154 valence electrons. The first-order valence-corrected chi connectivity index (χ1v) is 10.8. The molecule has 1 aromatic carbocycles. The Hall–Kier alpha value is -2.62. The van der Waals surface area contributed by atoms with Gasteiger partial charge in [0.2, 0.25) is 15.9 Å². The molecule has 0 aromatic heterocycles. The van der Waals surface area contributed by atoms with E-state index in [4.69, 9.17) is 4.74 Å². The lowest BCUT2D eigenvalue weighted by Crippen LogP contribution is -2.43. The van der Waals surface area contributed by atoms with Crippen molar-refractivity contribution in [3.05, 3.63) is 23.8 Å². The molecule has 0 bridgehead atoms. The number of nitrogens with one attached hydrogen (secondary N) is 2. The van der Waals surface area contributed by atoms with E-state index in [9.17, 15) is 22.8 Å². The molecule has 1 heterocycles. The van der Waals surface area contributed by atoms with Gasteiger partial charge < -0.3 is 15.0 Å². The summed E-state index contributed by atoms with van der Waals surface area (Å²) in [6.45, 7) is 3.96. The van der Waals surface area contributed by atoms with Gasteiger partial charge >= 0.3 is 5.97 Å². The van der Waals surface area contributed by atoms with Crippen LogP contribution in [0.3, 0.4) is 0 Å². The summed E-state index contributed by atoms with van der Waals surface area (Å²) in [5.74, 6) is -1.50. The summed E-state index contributed by atoms with van der Waals surface area (Å²) in [5.41, 5.74) is 0.579. The Bertz CT molecular complexity index is 868. The molecule has 0 saturated carbocycles. The lowest BCUT2D eigenvalue weighted by atomic mass is 9.97. The molecule has 28 heavy (non-hydrogen) atoms. The molecule has 1 unspecified atom stereocenters. The molecule has 0 aliphatic carbocycles. The van der Waals surface area contributed by atoms with Gasteiger partial charge in [-0.3, -0.25) is 19.1 Å². The molecule has 10 heteroatoms. The van der Waals surface area contributed by atoms with Crippen molar-refractivity contribution in [2.24, 2.45) is 5.92 Å². The number of hydrogen-bond acceptors (Lipinski definition) is 6. The van der Waals surface area contributed by atoms with E-state index in [-0.39, 0.29) is 36.3 Å². The van der Waals surface area contributed by atoms with Gasteiger partial charge in [0.25, 0.3) is 5.91 Å². The van der Waals surface area contributed by atoms with Crippen LogP contribution in [0.4, 0.5) is 11.4 Å². The molecule has 1 aromatic rings. The van der Waals surface area contributed by atoms with Gasteiger partial charge in [-0.15, -0.1) is 0 Å². The van der Waals surface area contributed by atoms with Crippen LogP contribution in [0.5, 0.6) is 0 Å². The molecule has 2 amide bonds. The average Bonchev–Trinajstić information content (AvgIpc) is 2.61. The highest BCUT2D eigenvalue weighted by atomic mass is 32.2. The lowest BCUT2D eigenvalue weighted by Gasteiger charge is -2.32. The van der Waals surface area contributed by atoms with Crippen LogP contribution in [0.1, 0.15) is 37.0 Å². The van der Waals surface area contributed by atoms with Crippen molar-refractivity contribution in [2.45, 2.75) is 26.7 Å². The highest BCUT2D eigenvalue weighted by Gasteiger charge is 2.31. The largest absolute Gasteiger partial charge is 0.466 e. The predicted molar refractivity (Wildman–Crippen MR) is 104 cm³/mol. The van der Waals surface area contributed by atoms with Gasteiger partial charge in [0, 0.05) is 25.7 Å². The molecule has 1 aliphatic heterocycles. The molecular formula is C18H25N3O6S. The minimum Gasteiger partial charge on any atom is -0.466 e. The number of piperidine rings is 1. The Morgan fingerprint density at radius 1 is 1.29 bits per heavy atom. The van der Waals surface area contributed by atoms with Crippen LogP contribution in [0.2, 0.25) is 0 Å². The molecule has 2 rings (SSSR count). The first-order chi connectivity index (χ1) is 13.1. The number of sulfonamides is 1. The zero-order valence-corrected chi connectivity index (χ0v) is 17.0. The number of hydrogen-bond donors (Lipinski definition) is 2. The van der Waals surface area contributed by atoms with Gasteiger partial charge in [0.1, 0.15) is 0 Å². The third-order valence-corrected chi connectivity index (χ3v) is 4.78. The summed E-state index contributed by atoms with van der Waals surface area (Å²) in [7, 11) is -3.61. The van der Waals surface area contributed by atoms with Crippen molar-refractivity contribution < 1.29 is 27.5 Å². The van der Waals surface area contributed by atoms with Crippen molar-refractivity contribution in [1.82, 2.24) is 4.90 Å². The fourth-order valence-electron chi connectivity index (χ4n) is 3.08. The third-order valence-electron chi connectivity index (χ3n) is 4.19. The maximum absolute atomic E-state index is 13.1. The minimum atomic E-state index is -3.61. The molecule has 2 N–H and O–H groups in total. The summed E-state index contributed by atoms with van der Waals surface area (Å²) in [6.07, 6.45) is 2.25. The van der Waals surface area contributed by atoms with Crippen LogP contribution >= 0.6 is 0 Å². The Balaban J connectivity index is 2.32. The number of esters is 1. The smallest absolute Gasteiger partial charge is 0.310 e. The van der Waals surface area contributed by atoms with Crippen molar-refractivity contribution >= 4 is 39.2 Å². The van der Waals surface area contributed by atoms with E-state index in [1.165, 1.54) is 30.0 Å². The van der Waals surface area contributed by atoms with Gasteiger partial charge in [-0.1, -0.05) is 0 Å². The zero-order chi connectivity index (χ0) is 20.9. The summed E-state index contributed by atoms with van der Waals surface area (Å²) in [4.78, 5) is 38.0. The Morgan fingerprint density at radius 2 is 2.00 bits per heavy atom. The van der Waals surface area contributed by atoms with Crippen molar-refractivity contribution in [3.63, 3.8) is 0 Å². The first kappa shape index (κ1) is 21.7. The van der Waals surface area contributed by atoms with Gasteiger partial charge in [0.15, 0.2) is 0 Å². The van der Waals surface area contributed by atoms with Gasteiger partial charge in [0.05, 0.1) is 30.0 Å². The summed E-state index contributed by atoms with van der Waals surface area (Å²) in [6, 6.07) is 4.35. The average molecular weight is 411 g/mol. The number of carbonyl (C=O) groups is 3. The topological polar surface area (TPSA) is 122 Å². The highest BCUT2D eigenvalue weighted by Crippen LogP contribution is 2.26. The summed E-state index contributed by atoms with van der Waals surface area (Å²) < 4.78 is 30.7. The van der Waals surface area contributed by atoms with Gasteiger partial charge in [-0.05, 0) is 38.0 Å². The molecular weight excluding hydrogens is 386 g/mol. The fourth-order valence-corrected chi connectivity index (χ4v) is 3.65. The predicted octanol–water partition coefficient (Wildman–Crippen LogP) is 1.43. The second kappa shape index (κ2) is 9.05. The number of carbonyl (C=O) groups excluding carboxylic acids is 3. The van der Waals surface area contributed by atoms with Crippen LogP contribution in [-0.4, -0.2) is 57.1 Å². The molecule has 0 spiro atoms. The van der Waals surface area contributed by atoms with Crippen LogP contribution in [0.15, 0.2) is 18.2 Å². The van der Waals surface area contributed by atoms with Crippen molar-refractivity contribution in [2.75, 3.05) is 36.0 Å². The van der Waals surface area contributed by atoms with Gasteiger partial charge in [-0.25, -0.2) is 8.42 Å². The first-order valence-electron chi connectivity index (χ1n) is 8.96. The second-order valence-corrected chi connectivity index (χ2v) is 8.41. The summed E-state index contributed by atoms with van der Waals surface area (Å²) in [5, 5.41) is 2.58. The SMILES string of the molecule is CCOC(=O)C1CCCN(C(=O)c2cc(NC(C)=O)ccc2NS(C)(=O)=O)C1. The molecule has 0 radical (unpaired) electrons. The van der Waals surface area contributed by atoms with Crippen molar-refractivity contribution in [3.8, 4) is 0 Å². The van der Waals surface area contributed by atoms with E-state index >= 15 is 0 Å². The molecule has 1 atom stereocenters. The third kappa shape index (κ3) is 5.95. The monoisotopic (exact) mass is 411 g/mol. The van der Waals surface area contributed by atoms with E-state index in [0.717, 1.165) is 6.26 Å². The Morgan fingerprint density at radius 3 is 2.61 bits per heavy atom. The molecule has 9 nitrogen and oxygen atoms in total. The number of ether oxygens (including phenoxy) is 1. The van der Waals surface area contributed by atoms with Crippen molar-refractivity contribution in [1.29, 1.82) is 0 Å². The molecule has 1 fully saturated rings. The molecule has 1 saturated heterocycles. The quantitative estimate of drug-likeness (QED) is 0.683. The van der Waals surface area contributed by atoms with E-state index in [1.54, 1.807) is 6.92 Å². The highest BCUT2D eigenvalue weighted by molar-refractivity contribution is 7.92.